The van der Waals surface area contributed by atoms with Gasteiger partial charge in [-0.3, -0.25) is 9.69 Å². The molecule has 1 amide bonds. The number of methoxy groups -OCH3 is 1. The van der Waals surface area contributed by atoms with Crippen molar-refractivity contribution in [2.75, 3.05) is 33.4 Å². The number of hydrogen-bond acceptors (Lipinski definition) is 4. The lowest BCUT2D eigenvalue weighted by Crippen LogP contribution is -2.53. The Bertz CT molecular complexity index is 282. The van der Waals surface area contributed by atoms with Crippen LogP contribution in [-0.4, -0.2) is 55.7 Å². The zero-order valence-corrected chi connectivity index (χ0v) is 12.6. The van der Waals surface area contributed by atoms with E-state index < -0.39 is 5.54 Å². The summed E-state index contributed by atoms with van der Waals surface area (Å²) in [5.41, 5.74) is 4.91. The quantitative estimate of drug-likeness (QED) is 0.581. The fraction of sp³-hybridized carbons (Fsp3) is 0.929. The molecular formula is C14H29N3O2. The topological polar surface area (TPSA) is 67.6 Å². The Morgan fingerprint density at radius 1 is 1.47 bits per heavy atom. The van der Waals surface area contributed by atoms with Crippen LogP contribution in [0.25, 0.3) is 0 Å². The Hall–Kier alpha value is -0.650. The Kier molecular flexibility index (Phi) is 6.75. The highest BCUT2D eigenvalue weighted by atomic mass is 16.5. The number of nitrogens with one attached hydrogen (secondary N) is 1. The Morgan fingerprint density at radius 3 is 2.63 bits per heavy atom. The average Bonchev–Trinajstić information content (AvgIpc) is 3.18. The largest absolute Gasteiger partial charge is 0.383 e. The molecule has 0 spiro atoms. The predicted octanol–water partition coefficient (Wildman–Crippen LogP) is 0.731. The molecule has 5 heteroatoms. The van der Waals surface area contributed by atoms with E-state index >= 15 is 0 Å². The van der Waals surface area contributed by atoms with Crippen molar-refractivity contribution in [3.8, 4) is 0 Å². The number of likely N-dealkylation sites (N-methyl/N-ethyl adjacent to an activating group) is 1. The number of nitrogens with two attached hydrogens (primary N) is 1. The van der Waals surface area contributed by atoms with Gasteiger partial charge >= 0.3 is 0 Å². The van der Waals surface area contributed by atoms with Crippen LogP contribution >= 0.6 is 0 Å². The van der Waals surface area contributed by atoms with E-state index in [2.05, 4.69) is 10.2 Å². The van der Waals surface area contributed by atoms with Crippen LogP contribution in [0, 0.1) is 0 Å². The Balaban J connectivity index is 2.34. The average molecular weight is 271 g/mol. The highest BCUT2D eigenvalue weighted by Gasteiger charge is 2.31. The molecule has 1 unspecified atom stereocenters. The molecule has 1 aliphatic carbocycles. The molecule has 1 fully saturated rings. The minimum atomic E-state index is -0.578. The first-order chi connectivity index (χ1) is 9.03. The third-order valence-corrected chi connectivity index (χ3v) is 3.88. The van der Waals surface area contributed by atoms with Crippen molar-refractivity contribution in [2.24, 2.45) is 5.73 Å². The second-order valence-electron chi connectivity index (χ2n) is 5.59. The SMILES string of the molecule is CCNC(C)(CCCN(CCOC)C1CC1)C(N)=O. The fourth-order valence-electron chi connectivity index (χ4n) is 2.45. The van der Waals surface area contributed by atoms with E-state index in [1.165, 1.54) is 12.8 Å². The van der Waals surface area contributed by atoms with Crippen LogP contribution in [0.3, 0.4) is 0 Å². The van der Waals surface area contributed by atoms with Gasteiger partial charge in [-0.15, -0.1) is 0 Å². The molecule has 0 aliphatic heterocycles. The number of carbonyl (C=O) groups excluding carboxylic acids is 1. The summed E-state index contributed by atoms with van der Waals surface area (Å²) in [6.07, 6.45) is 4.35. The monoisotopic (exact) mass is 271 g/mol. The van der Waals surface area contributed by atoms with Crippen molar-refractivity contribution in [3.63, 3.8) is 0 Å². The van der Waals surface area contributed by atoms with Gasteiger partial charge in [0.15, 0.2) is 0 Å². The number of carbonyl (C=O) groups is 1. The van der Waals surface area contributed by atoms with Crippen LogP contribution in [0.15, 0.2) is 0 Å². The lowest BCUT2D eigenvalue weighted by Gasteiger charge is -2.29. The first kappa shape index (κ1) is 16.4. The van der Waals surface area contributed by atoms with E-state index in [4.69, 9.17) is 10.5 Å². The fourth-order valence-corrected chi connectivity index (χ4v) is 2.45. The minimum Gasteiger partial charge on any atom is -0.383 e. The van der Waals surface area contributed by atoms with Gasteiger partial charge in [0.1, 0.15) is 0 Å². The summed E-state index contributed by atoms with van der Waals surface area (Å²) in [7, 11) is 1.74. The summed E-state index contributed by atoms with van der Waals surface area (Å²) in [4.78, 5) is 14.0. The summed E-state index contributed by atoms with van der Waals surface area (Å²) < 4.78 is 5.15. The number of ether oxygens (including phenoxy) is 1. The van der Waals surface area contributed by atoms with E-state index in [1.807, 2.05) is 13.8 Å². The van der Waals surface area contributed by atoms with E-state index in [9.17, 15) is 4.79 Å². The van der Waals surface area contributed by atoms with Crippen LogP contribution < -0.4 is 11.1 Å². The number of amides is 1. The van der Waals surface area contributed by atoms with Crippen LogP contribution in [-0.2, 0) is 9.53 Å². The van der Waals surface area contributed by atoms with E-state index in [0.717, 1.165) is 45.1 Å². The third-order valence-electron chi connectivity index (χ3n) is 3.88. The van der Waals surface area contributed by atoms with Gasteiger partial charge in [0, 0.05) is 19.7 Å². The smallest absolute Gasteiger partial charge is 0.237 e. The summed E-state index contributed by atoms with van der Waals surface area (Å²) in [6, 6.07) is 0.731. The van der Waals surface area contributed by atoms with Gasteiger partial charge in [-0.05, 0) is 45.7 Å². The second-order valence-corrected chi connectivity index (χ2v) is 5.59. The van der Waals surface area contributed by atoms with Crippen molar-refractivity contribution in [2.45, 2.75) is 51.1 Å². The van der Waals surface area contributed by atoms with Gasteiger partial charge in [0.25, 0.3) is 0 Å². The molecule has 0 aromatic heterocycles. The van der Waals surface area contributed by atoms with Gasteiger partial charge in [-0.25, -0.2) is 0 Å². The minimum absolute atomic E-state index is 0.260. The van der Waals surface area contributed by atoms with Crippen molar-refractivity contribution in [1.82, 2.24) is 10.2 Å². The molecule has 0 aromatic rings. The first-order valence-electron chi connectivity index (χ1n) is 7.31. The maximum atomic E-state index is 11.5. The van der Waals surface area contributed by atoms with Gasteiger partial charge in [-0.2, -0.15) is 0 Å². The van der Waals surface area contributed by atoms with Gasteiger partial charge in [0.2, 0.25) is 5.91 Å². The summed E-state index contributed by atoms with van der Waals surface area (Å²) >= 11 is 0. The molecule has 0 radical (unpaired) electrons. The van der Waals surface area contributed by atoms with Crippen molar-refractivity contribution < 1.29 is 9.53 Å². The van der Waals surface area contributed by atoms with E-state index in [0.29, 0.717) is 0 Å². The molecule has 1 aliphatic rings. The van der Waals surface area contributed by atoms with Gasteiger partial charge < -0.3 is 15.8 Å². The number of hydrogen-bond donors (Lipinski definition) is 2. The Morgan fingerprint density at radius 2 is 2.16 bits per heavy atom. The highest BCUT2D eigenvalue weighted by molar-refractivity contribution is 5.84. The predicted molar refractivity (Wildman–Crippen MR) is 77.0 cm³/mol. The molecule has 1 saturated carbocycles. The molecule has 0 saturated heterocycles. The van der Waals surface area contributed by atoms with Gasteiger partial charge in [-0.1, -0.05) is 6.92 Å². The maximum Gasteiger partial charge on any atom is 0.237 e. The third kappa shape index (κ3) is 5.47. The molecule has 5 nitrogen and oxygen atoms in total. The zero-order valence-electron chi connectivity index (χ0n) is 12.6. The number of primary amides is 1. The molecule has 1 rings (SSSR count). The first-order valence-corrected chi connectivity index (χ1v) is 7.31. The summed E-state index contributed by atoms with van der Waals surface area (Å²) in [6.45, 7) is 7.43. The van der Waals surface area contributed by atoms with E-state index in [-0.39, 0.29) is 5.91 Å². The number of rotatable bonds is 11. The summed E-state index contributed by atoms with van der Waals surface area (Å²) in [5.74, 6) is -0.260. The zero-order chi connectivity index (χ0) is 14.3. The molecule has 0 aromatic carbocycles. The van der Waals surface area contributed by atoms with Crippen LogP contribution in [0.2, 0.25) is 0 Å². The summed E-state index contributed by atoms with van der Waals surface area (Å²) in [5, 5.41) is 3.20. The molecule has 19 heavy (non-hydrogen) atoms. The number of nitrogens with zero attached hydrogens (tertiary/aromatic N) is 1. The molecule has 112 valence electrons. The van der Waals surface area contributed by atoms with Crippen LogP contribution in [0.5, 0.6) is 0 Å². The van der Waals surface area contributed by atoms with Crippen LogP contribution in [0.4, 0.5) is 0 Å². The Labute approximate surface area is 116 Å². The maximum absolute atomic E-state index is 11.5. The normalized spacial score (nSPS) is 18.5. The molecule has 1 atom stereocenters. The molecule has 3 N–H and O–H groups in total. The van der Waals surface area contributed by atoms with Crippen LogP contribution in [0.1, 0.15) is 39.5 Å². The van der Waals surface area contributed by atoms with Crippen molar-refractivity contribution in [1.29, 1.82) is 0 Å². The van der Waals surface area contributed by atoms with Gasteiger partial charge in [0.05, 0.1) is 12.1 Å². The second kappa shape index (κ2) is 7.82. The lowest BCUT2D eigenvalue weighted by molar-refractivity contribution is -0.124. The highest BCUT2D eigenvalue weighted by Crippen LogP contribution is 2.27. The van der Waals surface area contributed by atoms with Crippen molar-refractivity contribution in [3.05, 3.63) is 0 Å². The molecular weight excluding hydrogens is 242 g/mol. The standard InChI is InChI=1S/C14H29N3O2/c1-4-16-14(2,13(15)18)8-5-9-17(10-11-19-3)12-6-7-12/h12,16H,4-11H2,1-3H3,(H2,15,18). The lowest BCUT2D eigenvalue weighted by atomic mass is 9.94. The van der Waals surface area contributed by atoms with Crippen molar-refractivity contribution >= 4 is 5.91 Å². The molecule has 0 bridgehead atoms. The molecule has 0 heterocycles. The van der Waals surface area contributed by atoms with E-state index in [1.54, 1.807) is 7.11 Å².